The zero-order chi connectivity index (χ0) is 18.0. The van der Waals surface area contributed by atoms with Crippen LogP contribution in [0, 0.1) is 11.8 Å². The van der Waals surface area contributed by atoms with Gasteiger partial charge in [-0.15, -0.1) is 0 Å². The second kappa shape index (κ2) is 9.74. The third kappa shape index (κ3) is 8.35. The van der Waals surface area contributed by atoms with Crippen LogP contribution in [0.1, 0.15) is 32.8 Å². The summed E-state index contributed by atoms with van der Waals surface area (Å²) in [7, 11) is 1.54. The fraction of sp³-hybridized carbons (Fsp3) is 0.474. The van der Waals surface area contributed by atoms with Gasteiger partial charge in [0.2, 0.25) is 0 Å². The first-order chi connectivity index (χ1) is 11.3. The fourth-order valence-electron chi connectivity index (χ4n) is 1.87. The summed E-state index contributed by atoms with van der Waals surface area (Å²) in [5, 5.41) is 0. The number of Topliss-reactive ketones (excluding diaryl/α,β-unsaturated/α-hetero) is 1. The van der Waals surface area contributed by atoms with Crippen molar-refractivity contribution in [3.05, 3.63) is 35.9 Å². The highest BCUT2D eigenvalue weighted by atomic mass is 16.6. The lowest BCUT2D eigenvalue weighted by atomic mass is 10.2. The number of carbonyl (C=O) groups excluding carboxylic acids is 2. The first-order valence-corrected chi connectivity index (χ1v) is 7.80. The topological polar surface area (TPSA) is 55.8 Å². The molecular weight excluding hydrogens is 306 g/mol. The van der Waals surface area contributed by atoms with E-state index < -0.39 is 11.7 Å². The number of hydrogen-bond acceptors (Lipinski definition) is 4. The van der Waals surface area contributed by atoms with Gasteiger partial charge in [-0.1, -0.05) is 42.2 Å². The smallest absolute Gasteiger partial charge is 0.410 e. The Kier molecular flexibility index (Phi) is 8.00. The number of rotatable bonds is 6. The molecule has 130 valence electrons. The van der Waals surface area contributed by atoms with Crippen molar-refractivity contribution in [2.24, 2.45) is 0 Å². The molecule has 0 saturated carbocycles. The van der Waals surface area contributed by atoms with Gasteiger partial charge < -0.3 is 9.47 Å². The summed E-state index contributed by atoms with van der Waals surface area (Å²) in [5.41, 5.74) is 0.314. The van der Waals surface area contributed by atoms with Gasteiger partial charge in [0.05, 0.1) is 13.0 Å². The van der Waals surface area contributed by atoms with Crippen LogP contribution in [0.2, 0.25) is 0 Å². The number of hydrogen-bond donors (Lipinski definition) is 0. The summed E-state index contributed by atoms with van der Waals surface area (Å²) in [6.07, 6.45) is -0.429. The van der Waals surface area contributed by atoms with E-state index in [0.717, 1.165) is 5.56 Å². The molecule has 0 aliphatic heterocycles. The normalized spacial score (nSPS) is 10.5. The Hall–Kier alpha value is -2.32. The molecule has 1 aromatic carbocycles. The van der Waals surface area contributed by atoms with Gasteiger partial charge in [0.1, 0.15) is 12.2 Å². The maximum absolute atomic E-state index is 12.4. The molecular formula is C19H25NO4. The van der Waals surface area contributed by atoms with Crippen molar-refractivity contribution >= 4 is 11.9 Å². The molecule has 0 unspecified atom stereocenters. The first-order valence-electron chi connectivity index (χ1n) is 7.80. The summed E-state index contributed by atoms with van der Waals surface area (Å²) in [6.45, 7) is 5.95. The molecule has 5 nitrogen and oxygen atoms in total. The third-order valence-corrected chi connectivity index (χ3v) is 2.86. The molecule has 0 aromatic heterocycles. The largest absolute Gasteiger partial charge is 0.444 e. The molecule has 1 aromatic rings. The van der Waals surface area contributed by atoms with Crippen molar-refractivity contribution in [3.63, 3.8) is 0 Å². The Morgan fingerprint density at radius 3 is 2.38 bits per heavy atom. The molecule has 0 radical (unpaired) electrons. The van der Waals surface area contributed by atoms with Crippen LogP contribution in [0.5, 0.6) is 0 Å². The monoisotopic (exact) mass is 331 g/mol. The average molecular weight is 331 g/mol. The van der Waals surface area contributed by atoms with Crippen molar-refractivity contribution in [2.75, 3.05) is 20.3 Å². The Bertz CT molecular complexity index is 593. The third-order valence-electron chi connectivity index (χ3n) is 2.86. The number of ketones is 1. The number of amides is 1. The van der Waals surface area contributed by atoms with Crippen LogP contribution in [-0.4, -0.2) is 42.6 Å². The number of methoxy groups -OCH3 is 1. The quantitative estimate of drug-likeness (QED) is 0.752. The summed E-state index contributed by atoms with van der Waals surface area (Å²) in [5.74, 6) is 5.33. The van der Waals surface area contributed by atoms with Gasteiger partial charge in [0.25, 0.3) is 0 Å². The lowest BCUT2D eigenvalue weighted by molar-refractivity contribution is -0.119. The van der Waals surface area contributed by atoms with E-state index >= 15 is 0 Å². The van der Waals surface area contributed by atoms with E-state index in [1.807, 2.05) is 30.3 Å². The van der Waals surface area contributed by atoms with Gasteiger partial charge in [-0.3, -0.25) is 9.69 Å². The molecule has 1 rings (SSSR count). The molecule has 0 saturated heterocycles. The van der Waals surface area contributed by atoms with Crippen LogP contribution in [0.15, 0.2) is 30.3 Å². The van der Waals surface area contributed by atoms with E-state index in [9.17, 15) is 9.59 Å². The second-order valence-electron chi connectivity index (χ2n) is 6.32. The van der Waals surface area contributed by atoms with Crippen molar-refractivity contribution in [3.8, 4) is 11.8 Å². The molecule has 1 amide bonds. The SMILES string of the molecule is COCC#CCC(=O)CN(Cc1ccccc1)C(=O)OC(C)(C)C. The number of benzene rings is 1. The number of carbonyl (C=O) groups is 2. The van der Waals surface area contributed by atoms with Gasteiger partial charge in [0.15, 0.2) is 5.78 Å². The molecule has 0 heterocycles. The van der Waals surface area contributed by atoms with Crippen molar-refractivity contribution < 1.29 is 19.1 Å². The van der Waals surface area contributed by atoms with Gasteiger partial charge in [-0.25, -0.2) is 4.79 Å². The number of ether oxygens (including phenoxy) is 2. The molecule has 0 bridgehead atoms. The Balaban J connectivity index is 2.75. The highest BCUT2D eigenvalue weighted by Gasteiger charge is 2.23. The van der Waals surface area contributed by atoms with Crippen molar-refractivity contribution in [1.82, 2.24) is 4.90 Å². The van der Waals surface area contributed by atoms with Gasteiger partial charge >= 0.3 is 6.09 Å². The van der Waals surface area contributed by atoms with E-state index in [0.29, 0.717) is 6.54 Å². The van der Waals surface area contributed by atoms with Crippen LogP contribution in [0.4, 0.5) is 4.79 Å². The summed E-state index contributed by atoms with van der Waals surface area (Å²) in [4.78, 5) is 25.9. The van der Waals surface area contributed by atoms with Crippen LogP contribution in [0.3, 0.4) is 0 Å². The van der Waals surface area contributed by atoms with E-state index in [4.69, 9.17) is 9.47 Å². The van der Waals surface area contributed by atoms with E-state index in [-0.39, 0.29) is 25.4 Å². The zero-order valence-electron chi connectivity index (χ0n) is 14.8. The second-order valence-corrected chi connectivity index (χ2v) is 6.32. The lowest BCUT2D eigenvalue weighted by Gasteiger charge is -2.27. The lowest BCUT2D eigenvalue weighted by Crippen LogP contribution is -2.39. The maximum Gasteiger partial charge on any atom is 0.410 e. The minimum absolute atomic E-state index is 0.0362. The summed E-state index contributed by atoms with van der Waals surface area (Å²) >= 11 is 0. The van der Waals surface area contributed by atoms with E-state index in [1.54, 1.807) is 27.9 Å². The Morgan fingerprint density at radius 1 is 1.12 bits per heavy atom. The van der Waals surface area contributed by atoms with Crippen LogP contribution >= 0.6 is 0 Å². The molecule has 0 spiro atoms. The van der Waals surface area contributed by atoms with Crippen molar-refractivity contribution in [1.29, 1.82) is 0 Å². The molecule has 0 aliphatic carbocycles. The van der Waals surface area contributed by atoms with Crippen LogP contribution in [-0.2, 0) is 20.8 Å². The first kappa shape index (κ1) is 19.7. The molecule has 24 heavy (non-hydrogen) atoms. The predicted molar refractivity (Wildman–Crippen MR) is 92.4 cm³/mol. The predicted octanol–water partition coefficient (Wildman–Crippen LogP) is 3.03. The Morgan fingerprint density at radius 2 is 1.79 bits per heavy atom. The Labute approximate surface area is 143 Å². The van der Waals surface area contributed by atoms with Gasteiger partial charge in [0, 0.05) is 13.7 Å². The summed E-state index contributed by atoms with van der Waals surface area (Å²) < 4.78 is 10.2. The van der Waals surface area contributed by atoms with E-state index in [1.165, 1.54) is 4.90 Å². The zero-order valence-corrected chi connectivity index (χ0v) is 14.8. The standard InChI is InChI=1S/C19H25NO4/c1-19(2,3)24-18(22)20(14-16-10-6-5-7-11-16)15-17(21)12-8-9-13-23-4/h5-7,10-11H,12-15H2,1-4H3. The minimum atomic E-state index is -0.618. The molecule has 5 heteroatoms. The van der Waals surface area contributed by atoms with E-state index in [2.05, 4.69) is 11.8 Å². The van der Waals surface area contributed by atoms with Crippen LogP contribution in [0.25, 0.3) is 0 Å². The number of nitrogens with zero attached hydrogens (tertiary/aromatic N) is 1. The maximum atomic E-state index is 12.4. The molecule has 0 atom stereocenters. The average Bonchev–Trinajstić information content (AvgIpc) is 2.50. The van der Waals surface area contributed by atoms with Crippen molar-refractivity contribution in [2.45, 2.75) is 39.3 Å². The minimum Gasteiger partial charge on any atom is -0.444 e. The highest BCUT2D eigenvalue weighted by Crippen LogP contribution is 2.13. The van der Waals surface area contributed by atoms with Crippen LogP contribution < -0.4 is 0 Å². The van der Waals surface area contributed by atoms with Gasteiger partial charge in [-0.05, 0) is 26.3 Å². The molecule has 0 fully saturated rings. The molecule has 0 aliphatic rings. The van der Waals surface area contributed by atoms with Gasteiger partial charge in [-0.2, -0.15) is 0 Å². The molecule has 0 N–H and O–H groups in total. The highest BCUT2D eigenvalue weighted by molar-refractivity contribution is 5.85. The fourth-order valence-corrected chi connectivity index (χ4v) is 1.87. The summed E-state index contributed by atoms with van der Waals surface area (Å²) in [6, 6.07) is 9.49.